The molecule has 0 radical (unpaired) electrons. The van der Waals surface area contributed by atoms with Crippen molar-refractivity contribution in [2.45, 2.75) is 19.1 Å². The fraction of sp³-hybridized carbons (Fsp3) is 0.385. The van der Waals surface area contributed by atoms with E-state index in [0.717, 1.165) is 6.07 Å². The summed E-state index contributed by atoms with van der Waals surface area (Å²) in [6.45, 7) is 2.06. The van der Waals surface area contributed by atoms with Crippen LogP contribution in [0.15, 0.2) is 24.3 Å². The van der Waals surface area contributed by atoms with Crippen molar-refractivity contribution in [3.63, 3.8) is 0 Å². The average Bonchev–Trinajstić information content (AvgIpc) is 2.34. The molecule has 5 heteroatoms. The number of alkyl halides is 3. The van der Waals surface area contributed by atoms with Crippen molar-refractivity contribution in [3.05, 3.63) is 35.4 Å². The van der Waals surface area contributed by atoms with E-state index in [4.69, 9.17) is 5.73 Å². The molecule has 0 spiro atoms. The van der Waals surface area contributed by atoms with Gasteiger partial charge in [0.25, 0.3) is 0 Å². The van der Waals surface area contributed by atoms with E-state index in [0.29, 0.717) is 6.54 Å². The zero-order chi connectivity index (χ0) is 13.6. The number of halogens is 3. The lowest BCUT2D eigenvalue weighted by Crippen LogP contribution is -2.30. The van der Waals surface area contributed by atoms with E-state index in [-0.39, 0.29) is 12.1 Å². The predicted octanol–water partition coefficient (Wildman–Crippen LogP) is 2.32. The van der Waals surface area contributed by atoms with Gasteiger partial charge in [-0.05, 0) is 18.6 Å². The number of nitrogens with two attached hydrogens (primary N) is 1. The Morgan fingerprint density at radius 1 is 1.33 bits per heavy atom. The molecule has 0 aliphatic carbocycles. The molecule has 1 aromatic rings. The van der Waals surface area contributed by atoms with Gasteiger partial charge in [-0.1, -0.05) is 24.1 Å². The monoisotopic (exact) mass is 256 g/mol. The van der Waals surface area contributed by atoms with Crippen LogP contribution in [0.25, 0.3) is 0 Å². The predicted molar refractivity (Wildman–Crippen MR) is 64.7 cm³/mol. The van der Waals surface area contributed by atoms with Gasteiger partial charge < -0.3 is 5.73 Å². The molecule has 0 bridgehead atoms. The molecule has 0 aliphatic rings. The van der Waals surface area contributed by atoms with Crippen molar-refractivity contribution < 1.29 is 13.2 Å². The lowest BCUT2D eigenvalue weighted by molar-refractivity contribution is -0.138. The van der Waals surface area contributed by atoms with E-state index in [1.165, 1.54) is 12.1 Å². The molecule has 0 amide bonds. The Kier molecular flexibility index (Phi) is 5.20. The fourth-order valence-electron chi connectivity index (χ4n) is 1.64. The highest BCUT2D eigenvalue weighted by Crippen LogP contribution is 2.34. The smallest absolute Gasteiger partial charge is 0.329 e. The van der Waals surface area contributed by atoms with Gasteiger partial charge >= 0.3 is 6.18 Å². The first-order chi connectivity index (χ1) is 8.50. The largest absolute Gasteiger partial charge is 0.416 e. The minimum absolute atomic E-state index is 0.0818. The highest BCUT2D eigenvalue weighted by Gasteiger charge is 2.34. The van der Waals surface area contributed by atoms with Crippen LogP contribution in [0, 0.1) is 11.8 Å². The zero-order valence-electron chi connectivity index (χ0n) is 10.0. The summed E-state index contributed by atoms with van der Waals surface area (Å²) in [4.78, 5) is 0. The van der Waals surface area contributed by atoms with Crippen LogP contribution in [0.2, 0.25) is 0 Å². The standard InChI is InChI=1S/C13H15F3N2/c1-2-3-8-18-12(9-17)10-6-4-5-7-11(10)13(14,15)16/h4-7,12,18H,8-9,17H2,1H3. The van der Waals surface area contributed by atoms with E-state index in [2.05, 4.69) is 17.2 Å². The Morgan fingerprint density at radius 2 is 2.00 bits per heavy atom. The van der Waals surface area contributed by atoms with Gasteiger partial charge in [-0.2, -0.15) is 13.2 Å². The molecule has 18 heavy (non-hydrogen) atoms. The van der Waals surface area contributed by atoms with E-state index < -0.39 is 17.8 Å². The van der Waals surface area contributed by atoms with Crippen LogP contribution in [0.4, 0.5) is 13.2 Å². The molecule has 0 fully saturated rings. The molecule has 1 aromatic carbocycles. The van der Waals surface area contributed by atoms with E-state index in [1.54, 1.807) is 13.0 Å². The van der Waals surface area contributed by atoms with Gasteiger partial charge in [-0.3, -0.25) is 5.32 Å². The van der Waals surface area contributed by atoms with Gasteiger partial charge in [0.15, 0.2) is 0 Å². The van der Waals surface area contributed by atoms with E-state index >= 15 is 0 Å². The third-order valence-electron chi connectivity index (χ3n) is 2.49. The van der Waals surface area contributed by atoms with Gasteiger partial charge in [0, 0.05) is 12.6 Å². The summed E-state index contributed by atoms with van der Waals surface area (Å²) in [5.41, 5.74) is 5.02. The molecule has 0 heterocycles. The fourth-order valence-corrected chi connectivity index (χ4v) is 1.64. The molecule has 3 N–H and O–H groups in total. The lowest BCUT2D eigenvalue weighted by Gasteiger charge is -2.20. The summed E-state index contributed by atoms with van der Waals surface area (Å²) in [5.74, 6) is 5.41. The Bertz CT molecular complexity index is 444. The normalized spacial score (nSPS) is 12.7. The van der Waals surface area contributed by atoms with Crippen molar-refractivity contribution in [2.24, 2.45) is 5.73 Å². The molecule has 0 saturated heterocycles. The number of hydrogen-bond donors (Lipinski definition) is 2. The van der Waals surface area contributed by atoms with Gasteiger partial charge in [-0.15, -0.1) is 5.92 Å². The second kappa shape index (κ2) is 6.43. The van der Waals surface area contributed by atoms with E-state index in [9.17, 15) is 13.2 Å². The van der Waals surface area contributed by atoms with Crippen LogP contribution in [-0.2, 0) is 6.18 Å². The summed E-state index contributed by atoms with van der Waals surface area (Å²) in [6.07, 6.45) is -4.37. The lowest BCUT2D eigenvalue weighted by atomic mass is 10.00. The molecule has 0 saturated carbocycles. The first-order valence-corrected chi connectivity index (χ1v) is 5.50. The van der Waals surface area contributed by atoms with Crippen LogP contribution < -0.4 is 11.1 Å². The average molecular weight is 256 g/mol. The molecule has 1 rings (SSSR count). The second-order valence-electron chi connectivity index (χ2n) is 3.68. The third kappa shape index (κ3) is 3.76. The zero-order valence-corrected chi connectivity index (χ0v) is 10.0. The van der Waals surface area contributed by atoms with Crippen LogP contribution in [0.3, 0.4) is 0 Å². The van der Waals surface area contributed by atoms with Gasteiger partial charge in [0.05, 0.1) is 12.1 Å². The quantitative estimate of drug-likeness (QED) is 0.811. The summed E-state index contributed by atoms with van der Waals surface area (Å²) in [7, 11) is 0. The van der Waals surface area contributed by atoms with Crippen molar-refractivity contribution >= 4 is 0 Å². The molecule has 1 unspecified atom stereocenters. The molecule has 2 nitrogen and oxygen atoms in total. The molecule has 98 valence electrons. The summed E-state index contributed by atoms with van der Waals surface area (Å²) < 4.78 is 38.5. The van der Waals surface area contributed by atoms with Crippen molar-refractivity contribution in [1.29, 1.82) is 0 Å². The molecule has 0 aromatic heterocycles. The Hall–Kier alpha value is -1.51. The van der Waals surface area contributed by atoms with Crippen LogP contribution in [0.1, 0.15) is 24.1 Å². The maximum Gasteiger partial charge on any atom is 0.416 e. The number of hydrogen-bond acceptors (Lipinski definition) is 2. The van der Waals surface area contributed by atoms with Crippen LogP contribution in [0.5, 0.6) is 0 Å². The van der Waals surface area contributed by atoms with Crippen LogP contribution in [-0.4, -0.2) is 13.1 Å². The number of rotatable bonds is 4. The first kappa shape index (κ1) is 14.6. The molecule has 1 atom stereocenters. The Morgan fingerprint density at radius 3 is 2.56 bits per heavy atom. The third-order valence-corrected chi connectivity index (χ3v) is 2.49. The van der Waals surface area contributed by atoms with Crippen molar-refractivity contribution in [2.75, 3.05) is 13.1 Å². The molecule has 0 aliphatic heterocycles. The van der Waals surface area contributed by atoms with Crippen LogP contribution >= 0.6 is 0 Å². The Labute approximate surface area is 104 Å². The SMILES string of the molecule is CC#CCNC(CN)c1ccccc1C(F)(F)F. The van der Waals surface area contributed by atoms with Crippen molar-refractivity contribution in [1.82, 2.24) is 5.32 Å². The maximum atomic E-state index is 12.8. The first-order valence-electron chi connectivity index (χ1n) is 5.50. The second-order valence-corrected chi connectivity index (χ2v) is 3.68. The van der Waals surface area contributed by atoms with Gasteiger partial charge in [-0.25, -0.2) is 0 Å². The summed E-state index contributed by atoms with van der Waals surface area (Å²) in [6, 6.07) is 4.88. The minimum atomic E-state index is -4.37. The molecular formula is C13H15F3N2. The topological polar surface area (TPSA) is 38.0 Å². The highest BCUT2D eigenvalue weighted by molar-refractivity contribution is 5.32. The minimum Gasteiger partial charge on any atom is -0.329 e. The highest BCUT2D eigenvalue weighted by atomic mass is 19.4. The van der Waals surface area contributed by atoms with Gasteiger partial charge in [0.1, 0.15) is 0 Å². The Balaban J connectivity index is 3.00. The molecular weight excluding hydrogens is 241 g/mol. The number of benzene rings is 1. The number of nitrogens with one attached hydrogen (secondary N) is 1. The van der Waals surface area contributed by atoms with Crippen molar-refractivity contribution in [3.8, 4) is 11.8 Å². The maximum absolute atomic E-state index is 12.8. The summed E-state index contributed by atoms with van der Waals surface area (Å²) >= 11 is 0. The van der Waals surface area contributed by atoms with E-state index in [1.807, 2.05) is 0 Å². The summed E-state index contributed by atoms with van der Waals surface area (Å²) in [5, 5.41) is 2.90. The van der Waals surface area contributed by atoms with Gasteiger partial charge in [0.2, 0.25) is 0 Å².